The minimum absolute atomic E-state index is 0.0278. The first-order valence-corrected chi connectivity index (χ1v) is 8.57. The van der Waals surface area contributed by atoms with E-state index in [2.05, 4.69) is 5.10 Å². The van der Waals surface area contributed by atoms with Crippen molar-refractivity contribution >= 4 is 11.6 Å². The number of carbonyl (C=O) groups excluding carboxylic acids is 1. The third-order valence-electron chi connectivity index (χ3n) is 4.62. The standard InChI is InChI=1S/C20H19F3N2O3/c1-13-8-9-16(10-14(13)2)28-12-18(26)25-19(27,20(21,22)23)11-17(24-25)15-6-4-3-5-7-15/h3-10,27H,11-12H2,1-2H3/t19-/m0/s1. The van der Waals surface area contributed by atoms with Gasteiger partial charge in [-0.1, -0.05) is 36.4 Å². The minimum Gasteiger partial charge on any atom is -0.484 e. The molecule has 2 aromatic carbocycles. The molecule has 8 heteroatoms. The quantitative estimate of drug-likeness (QED) is 0.865. The molecule has 0 saturated carbocycles. The molecule has 0 radical (unpaired) electrons. The third kappa shape index (κ3) is 3.73. The molecule has 0 bridgehead atoms. The number of hydrogen-bond acceptors (Lipinski definition) is 4. The molecule has 1 N–H and O–H groups in total. The van der Waals surface area contributed by atoms with Crippen molar-refractivity contribution in [2.45, 2.75) is 32.2 Å². The average molecular weight is 392 g/mol. The maximum atomic E-state index is 13.5. The van der Waals surface area contributed by atoms with Gasteiger partial charge in [0.15, 0.2) is 6.61 Å². The Labute approximate surface area is 160 Å². The van der Waals surface area contributed by atoms with E-state index in [1.807, 2.05) is 13.8 Å². The van der Waals surface area contributed by atoms with Gasteiger partial charge in [-0.25, -0.2) is 0 Å². The van der Waals surface area contributed by atoms with E-state index in [1.54, 1.807) is 48.5 Å². The second-order valence-electron chi connectivity index (χ2n) is 6.64. The van der Waals surface area contributed by atoms with Gasteiger partial charge in [0.05, 0.1) is 12.1 Å². The van der Waals surface area contributed by atoms with E-state index in [9.17, 15) is 23.1 Å². The van der Waals surface area contributed by atoms with Crippen molar-refractivity contribution in [1.29, 1.82) is 0 Å². The van der Waals surface area contributed by atoms with Crippen molar-refractivity contribution in [3.8, 4) is 5.75 Å². The van der Waals surface area contributed by atoms with Gasteiger partial charge in [-0.3, -0.25) is 4.79 Å². The highest BCUT2D eigenvalue weighted by atomic mass is 19.4. The molecule has 5 nitrogen and oxygen atoms in total. The van der Waals surface area contributed by atoms with Crippen LogP contribution >= 0.6 is 0 Å². The molecule has 2 aromatic rings. The summed E-state index contributed by atoms with van der Waals surface area (Å²) in [6.45, 7) is 3.06. The van der Waals surface area contributed by atoms with Gasteiger partial charge >= 0.3 is 6.18 Å². The van der Waals surface area contributed by atoms with E-state index in [0.717, 1.165) is 11.1 Å². The summed E-state index contributed by atoms with van der Waals surface area (Å²) in [4.78, 5) is 12.4. The Morgan fingerprint density at radius 2 is 1.86 bits per heavy atom. The van der Waals surface area contributed by atoms with Crippen molar-refractivity contribution in [2.75, 3.05) is 6.61 Å². The normalized spacial score (nSPS) is 19.5. The van der Waals surface area contributed by atoms with E-state index >= 15 is 0 Å². The number of benzene rings is 2. The zero-order chi connectivity index (χ0) is 20.5. The van der Waals surface area contributed by atoms with Crippen LogP contribution in [0.1, 0.15) is 23.1 Å². The van der Waals surface area contributed by atoms with Crippen LogP contribution in [-0.4, -0.2) is 40.2 Å². The Morgan fingerprint density at radius 1 is 1.18 bits per heavy atom. The van der Waals surface area contributed by atoms with Gasteiger partial charge in [-0.05, 0) is 42.7 Å². The van der Waals surface area contributed by atoms with Gasteiger partial charge in [0, 0.05) is 0 Å². The maximum absolute atomic E-state index is 13.5. The molecule has 0 spiro atoms. The molecule has 1 aliphatic heterocycles. The van der Waals surface area contributed by atoms with Crippen LogP contribution in [0.25, 0.3) is 0 Å². The first-order chi connectivity index (χ1) is 13.1. The summed E-state index contributed by atoms with van der Waals surface area (Å²) in [6.07, 6.45) is -5.93. The van der Waals surface area contributed by atoms with Crippen LogP contribution in [0.4, 0.5) is 13.2 Å². The Morgan fingerprint density at radius 3 is 2.46 bits per heavy atom. The average Bonchev–Trinajstić information content (AvgIpc) is 3.02. The van der Waals surface area contributed by atoms with Crippen LogP contribution in [0.3, 0.4) is 0 Å². The summed E-state index contributed by atoms with van der Waals surface area (Å²) in [6, 6.07) is 13.2. The molecular weight excluding hydrogens is 373 g/mol. The highest BCUT2D eigenvalue weighted by Gasteiger charge is 2.63. The molecule has 1 amide bonds. The number of carbonyl (C=O) groups is 1. The maximum Gasteiger partial charge on any atom is 0.438 e. The van der Waals surface area contributed by atoms with Crippen molar-refractivity contribution in [1.82, 2.24) is 5.01 Å². The smallest absolute Gasteiger partial charge is 0.438 e. The van der Waals surface area contributed by atoms with Gasteiger partial charge in [0.25, 0.3) is 11.6 Å². The van der Waals surface area contributed by atoms with Gasteiger partial charge in [-0.2, -0.15) is 23.3 Å². The molecule has 1 aliphatic rings. The fourth-order valence-corrected chi connectivity index (χ4v) is 2.83. The number of amides is 1. The number of alkyl halides is 3. The van der Waals surface area contributed by atoms with Crippen LogP contribution < -0.4 is 4.74 Å². The second-order valence-corrected chi connectivity index (χ2v) is 6.64. The van der Waals surface area contributed by atoms with Crippen LogP contribution in [0, 0.1) is 13.8 Å². The highest BCUT2D eigenvalue weighted by Crippen LogP contribution is 2.41. The van der Waals surface area contributed by atoms with E-state index in [4.69, 9.17) is 4.74 Å². The summed E-state index contributed by atoms with van der Waals surface area (Å²) in [5.41, 5.74) is -1.11. The third-order valence-corrected chi connectivity index (χ3v) is 4.62. The molecule has 0 fully saturated rings. The number of ether oxygens (including phenoxy) is 1. The van der Waals surface area contributed by atoms with Crippen molar-refractivity contribution in [3.63, 3.8) is 0 Å². The monoisotopic (exact) mass is 392 g/mol. The van der Waals surface area contributed by atoms with Crippen LogP contribution in [0.2, 0.25) is 0 Å². The highest BCUT2D eigenvalue weighted by molar-refractivity contribution is 6.03. The van der Waals surface area contributed by atoms with E-state index < -0.39 is 30.8 Å². The van der Waals surface area contributed by atoms with Crippen molar-refractivity contribution in [3.05, 3.63) is 65.2 Å². The lowest BCUT2D eigenvalue weighted by Crippen LogP contribution is -2.57. The molecule has 28 heavy (non-hydrogen) atoms. The Hall–Kier alpha value is -2.87. The van der Waals surface area contributed by atoms with Gasteiger partial charge in [0.2, 0.25) is 0 Å². The van der Waals surface area contributed by atoms with Gasteiger partial charge in [-0.15, -0.1) is 0 Å². The number of aryl methyl sites for hydroxylation is 2. The second kappa shape index (κ2) is 7.27. The predicted molar refractivity (Wildman–Crippen MR) is 96.9 cm³/mol. The van der Waals surface area contributed by atoms with Gasteiger partial charge in [0.1, 0.15) is 5.75 Å². The number of halogens is 3. The number of hydrogen-bond donors (Lipinski definition) is 1. The number of nitrogens with zero attached hydrogens (tertiary/aromatic N) is 2. The first-order valence-electron chi connectivity index (χ1n) is 8.57. The fraction of sp³-hybridized carbons (Fsp3) is 0.300. The topological polar surface area (TPSA) is 62.1 Å². The summed E-state index contributed by atoms with van der Waals surface area (Å²) >= 11 is 0. The lowest BCUT2D eigenvalue weighted by Gasteiger charge is -2.32. The van der Waals surface area contributed by atoms with Crippen LogP contribution in [-0.2, 0) is 4.79 Å². The number of hydrazone groups is 1. The Balaban J connectivity index is 1.83. The SMILES string of the molecule is Cc1ccc(OCC(=O)N2N=C(c3ccccc3)C[C@]2(O)C(F)(F)F)cc1C. The molecule has 1 heterocycles. The zero-order valence-electron chi connectivity index (χ0n) is 15.3. The van der Waals surface area contributed by atoms with Crippen LogP contribution in [0.5, 0.6) is 5.75 Å². The van der Waals surface area contributed by atoms with Crippen LogP contribution in [0.15, 0.2) is 53.6 Å². The Bertz CT molecular complexity index is 913. The zero-order valence-corrected chi connectivity index (χ0v) is 15.3. The van der Waals surface area contributed by atoms with E-state index in [0.29, 0.717) is 11.3 Å². The molecule has 3 rings (SSSR count). The van der Waals surface area contributed by atoms with E-state index in [1.165, 1.54) is 0 Å². The molecule has 0 saturated heterocycles. The predicted octanol–water partition coefficient (Wildman–Crippen LogP) is 3.57. The molecule has 1 atom stereocenters. The van der Waals surface area contributed by atoms with E-state index in [-0.39, 0.29) is 10.7 Å². The number of aliphatic hydroxyl groups is 1. The molecule has 0 unspecified atom stereocenters. The van der Waals surface area contributed by atoms with Crippen molar-refractivity contribution < 1.29 is 27.8 Å². The molecular formula is C20H19F3N2O3. The largest absolute Gasteiger partial charge is 0.484 e. The summed E-state index contributed by atoms with van der Waals surface area (Å²) in [5, 5.41) is 14.1. The van der Waals surface area contributed by atoms with Crippen molar-refractivity contribution in [2.24, 2.45) is 5.10 Å². The Kier molecular flexibility index (Phi) is 5.16. The van der Waals surface area contributed by atoms with Gasteiger partial charge < -0.3 is 9.84 Å². The summed E-state index contributed by atoms with van der Waals surface area (Å²) < 4.78 is 46.0. The molecule has 0 aliphatic carbocycles. The number of rotatable bonds is 4. The lowest BCUT2D eigenvalue weighted by atomic mass is 10.0. The minimum atomic E-state index is -5.08. The molecule has 0 aromatic heterocycles. The lowest BCUT2D eigenvalue weighted by molar-refractivity contribution is -0.302. The summed E-state index contributed by atoms with van der Waals surface area (Å²) in [5.74, 6) is -0.748. The first kappa shape index (κ1) is 19.9. The summed E-state index contributed by atoms with van der Waals surface area (Å²) in [7, 11) is 0. The fourth-order valence-electron chi connectivity index (χ4n) is 2.83. The molecule has 148 valence electrons.